The summed E-state index contributed by atoms with van der Waals surface area (Å²) in [5.74, 6) is 1.30. The van der Waals surface area contributed by atoms with E-state index in [1.165, 1.54) is 19.4 Å². The molecule has 1 aromatic carbocycles. The van der Waals surface area contributed by atoms with Crippen LogP contribution in [0.4, 0.5) is 0 Å². The second kappa shape index (κ2) is 6.86. The summed E-state index contributed by atoms with van der Waals surface area (Å²) in [4.78, 5) is 19.8. The van der Waals surface area contributed by atoms with Crippen molar-refractivity contribution in [1.29, 1.82) is 0 Å². The lowest BCUT2D eigenvalue weighted by Crippen LogP contribution is -2.39. The molecule has 1 unspecified atom stereocenters. The Morgan fingerprint density at radius 2 is 1.92 bits per heavy atom. The first-order chi connectivity index (χ1) is 11.8. The normalized spacial score (nSPS) is 21.6. The number of rotatable bonds is 5. The third-order valence-electron chi connectivity index (χ3n) is 5.21. The summed E-state index contributed by atoms with van der Waals surface area (Å²) in [5.41, 5.74) is 2.77. The number of Topliss-reactive ketones (excluding diaryl/α,β-unsaturated/α-hetero) is 1. The summed E-state index contributed by atoms with van der Waals surface area (Å²) in [7, 11) is 0. The first kappa shape index (κ1) is 15.5. The van der Waals surface area contributed by atoms with Gasteiger partial charge in [-0.15, -0.1) is 0 Å². The molecule has 0 spiro atoms. The van der Waals surface area contributed by atoms with E-state index in [1.54, 1.807) is 6.20 Å². The molecule has 1 aliphatic carbocycles. The Hall–Kier alpha value is -2.00. The van der Waals surface area contributed by atoms with Crippen LogP contribution >= 0.6 is 0 Å². The second-order valence-electron chi connectivity index (χ2n) is 7.20. The van der Waals surface area contributed by atoms with Gasteiger partial charge in [0, 0.05) is 36.3 Å². The van der Waals surface area contributed by atoms with Gasteiger partial charge in [0.15, 0.2) is 5.78 Å². The van der Waals surface area contributed by atoms with Crippen LogP contribution in [0.2, 0.25) is 0 Å². The van der Waals surface area contributed by atoms with Crippen molar-refractivity contribution in [1.82, 2.24) is 9.88 Å². The van der Waals surface area contributed by atoms with Gasteiger partial charge in [0.05, 0.1) is 5.69 Å². The summed E-state index contributed by atoms with van der Waals surface area (Å²) >= 11 is 0. The van der Waals surface area contributed by atoms with Gasteiger partial charge in [-0.1, -0.05) is 30.3 Å². The van der Waals surface area contributed by atoms with Crippen molar-refractivity contribution in [3.8, 4) is 11.3 Å². The number of ketones is 1. The molecule has 2 fully saturated rings. The Kier molecular flexibility index (Phi) is 4.44. The fraction of sp³-hybridized carbons (Fsp3) is 0.429. The highest BCUT2D eigenvalue weighted by atomic mass is 16.1. The number of pyridine rings is 1. The lowest BCUT2D eigenvalue weighted by Gasteiger charge is -2.32. The molecule has 1 aromatic heterocycles. The van der Waals surface area contributed by atoms with E-state index in [1.807, 2.05) is 42.5 Å². The van der Waals surface area contributed by atoms with E-state index in [2.05, 4.69) is 9.88 Å². The van der Waals surface area contributed by atoms with Crippen molar-refractivity contribution in [2.75, 3.05) is 19.6 Å². The third-order valence-corrected chi connectivity index (χ3v) is 5.21. The first-order valence-electron chi connectivity index (χ1n) is 9.07. The van der Waals surface area contributed by atoms with Gasteiger partial charge in [-0.05, 0) is 50.3 Å². The molecule has 1 saturated carbocycles. The monoisotopic (exact) mass is 320 g/mol. The van der Waals surface area contributed by atoms with E-state index in [-0.39, 0.29) is 11.7 Å². The molecule has 0 amide bonds. The van der Waals surface area contributed by atoms with Crippen LogP contribution in [0.3, 0.4) is 0 Å². The van der Waals surface area contributed by atoms with Gasteiger partial charge in [-0.3, -0.25) is 9.78 Å². The topological polar surface area (TPSA) is 33.2 Å². The second-order valence-corrected chi connectivity index (χ2v) is 7.20. The lowest BCUT2D eigenvalue weighted by molar-refractivity contribution is 0.0814. The molecule has 2 aromatic rings. The average molecular weight is 320 g/mol. The van der Waals surface area contributed by atoms with Crippen LogP contribution in [0.1, 0.15) is 36.0 Å². The molecule has 3 nitrogen and oxygen atoms in total. The molecule has 1 aliphatic heterocycles. The molecule has 0 radical (unpaired) electrons. The van der Waals surface area contributed by atoms with Crippen LogP contribution in [0.15, 0.2) is 48.7 Å². The fourth-order valence-electron chi connectivity index (χ4n) is 3.66. The number of carbonyl (C=O) groups is 1. The zero-order chi connectivity index (χ0) is 16.4. The van der Waals surface area contributed by atoms with Gasteiger partial charge in [-0.25, -0.2) is 0 Å². The van der Waals surface area contributed by atoms with Gasteiger partial charge >= 0.3 is 0 Å². The minimum atomic E-state index is 0.141. The fourth-order valence-corrected chi connectivity index (χ4v) is 3.66. The standard InChI is InChI=1S/C21H24N2O/c24-21(19-7-4-12-23(15-19)14-16-8-9-16)18-10-11-20(22-13-18)17-5-2-1-3-6-17/h1-3,5-6,10-11,13,16,19H,4,7-9,12,14-15H2. The van der Waals surface area contributed by atoms with E-state index in [0.29, 0.717) is 0 Å². The zero-order valence-corrected chi connectivity index (χ0v) is 14.0. The predicted molar refractivity (Wildman–Crippen MR) is 95.9 cm³/mol. The molecule has 1 saturated heterocycles. The summed E-state index contributed by atoms with van der Waals surface area (Å²) in [5, 5.41) is 0. The van der Waals surface area contributed by atoms with Crippen molar-refractivity contribution in [3.63, 3.8) is 0 Å². The van der Waals surface area contributed by atoms with Gasteiger partial charge in [0.2, 0.25) is 0 Å². The van der Waals surface area contributed by atoms with E-state index in [4.69, 9.17) is 0 Å². The molecule has 24 heavy (non-hydrogen) atoms. The summed E-state index contributed by atoms with van der Waals surface area (Å²) in [6, 6.07) is 14.0. The number of benzene rings is 1. The van der Waals surface area contributed by atoms with E-state index in [9.17, 15) is 4.79 Å². The average Bonchev–Trinajstić information content (AvgIpc) is 3.46. The number of aromatic nitrogens is 1. The maximum atomic E-state index is 12.8. The van der Waals surface area contributed by atoms with Crippen LogP contribution in [0.25, 0.3) is 11.3 Å². The van der Waals surface area contributed by atoms with E-state index < -0.39 is 0 Å². The largest absolute Gasteiger partial charge is 0.302 e. The minimum Gasteiger partial charge on any atom is -0.302 e. The molecule has 2 aliphatic rings. The van der Waals surface area contributed by atoms with Crippen LogP contribution in [-0.4, -0.2) is 35.3 Å². The van der Waals surface area contributed by atoms with Gasteiger partial charge in [0.25, 0.3) is 0 Å². The van der Waals surface area contributed by atoms with E-state index in [0.717, 1.165) is 48.7 Å². The van der Waals surface area contributed by atoms with Gasteiger partial charge in [-0.2, -0.15) is 0 Å². The summed E-state index contributed by atoms with van der Waals surface area (Å²) < 4.78 is 0. The number of likely N-dealkylation sites (tertiary alicyclic amines) is 1. The van der Waals surface area contributed by atoms with Crippen molar-refractivity contribution in [2.45, 2.75) is 25.7 Å². The number of carbonyl (C=O) groups excluding carboxylic acids is 1. The highest BCUT2D eigenvalue weighted by Crippen LogP contribution is 2.31. The van der Waals surface area contributed by atoms with Crippen molar-refractivity contribution < 1.29 is 4.79 Å². The third kappa shape index (κ3) is 3.57. The predicted octanol–water partition coefficient (Wildman–Crippen LogP) is 4.05. The molecule has 3 heteroatoms. The maximum absolute atomic E-state index is 12.8. The number of hydrogen-bond donors (Lipinski definition) is 0. The molecular formula is C21H24N2O. The van der Waals surface area contributed by atoms with Crippen LogP contribution in [0, 0.1) is 11.8 Å². The van der Waals surface area contributed by atoms with Crippen molar-refractivity contribution in [2.24, 2.45) is 11.8 Å². The number of nitrogens with zero attached hydrogens (tertiary/aromatic N) is 2. The Bertz CT molecular complexity index is 692. The Labute approximate surface area is 143 Å². The first-order valence-corrected chi connectivity index (χ1v) is 9.07. The number of piperidine rings is 1. The highest BCUT2D eigenvalue weighted by molar-refractivity contribution is 5.98. The smallest absolute Gasteiger partial charge is 0.168 e. The lowest BCUT2D eigenvalue weighted by atomic mass is 9.90. The van der Waals surface area contributed by atoms with Crippen LogP contribution < -0.4 is 0 Å². The van der Waals surface area contributed by atoms with Gasteiger partial charge < -0.3 is 4.90 Å². The van der Waals surface area contributed by atoms with Gasteiger partial charge in [0.1, 0.15) is 0 Å². The zero-order valence-electron chi connectivity index (χ0n) is 14.0. The minimum absolute atomic E-state index is 0.141. The summed E-state index contributed by atoms with van der Waals surface area (Å²) in [6.45, 7) is 3.27. The van der Waals surface area contributed by atoms with E-state index >= 15 is 0 Å². The molecule has 1 atom stereocenters. The summed E-state index contributed by atoms with van der Waals surface area (Å²) in [6.07, 6.45) is 6.66. The molecular weight excluding hydrogens is 296 g/mol. The molecule has 0 N–H and O–H groups in total. The maximum Gasteiger partial charge on any atom is 0.168 e. The Morgan fingerprint density at radius 3 is 2.62 bits per heavy atom. The Morgan fingerprint density at radius 1 is 1.08 bits per heavy atom. The Balaban J connectivity index is 1.43. The van der Waals surface area contributed by atoms with Crippen molar-refractivity contribution >= 4 is 5.78 Å². The quantitative estimate of drug-likeness (QED) is 0.779. The van der Waals surface area contributed by atoms with Crippen LogP contribution in [0.5, 0.6) is 0 Å². The molecule has 124 valence electrons. The molecule has 4 rings (SSSR count). The highest BCUT2D eigenvalue weighted by Gasteiger charge is 2.30. The van der Waals surface area contributed by atoms with Crippen LogP contribution in [-0.2, 0) is 0 Å². The number of hydrogen-bond acceptors (Lipinski definition) is 3. The molecule has 0 bridgehead atoms. The SMILES string of the molecule is O=C(c1ccc(-c2ccccc2)nc1)C1CCCN(CC2CC2)C1. The van der Waals surface area contributed by atoms with Crippen molar-refractivity contribution in [3.05, 3.63) is 54.2 Å². The molecule has 2 heterocycles.